The Morgan fingerprint density at radius 3 is 2.50 bits per heavy atom. The summed E-state index contributed by atoms with van der Waals surface area (Å²) in [5.41, 5.74) is 0. The number of carbonyl (C=O) groups excluding carboxylic acids is 1. The number of urea groups is 1. The molecule has 0 radical (unpaired) electrons. The van der Waals surface area contributed by atoms with Crippen molar-refractivity contribution < 1.29 is 14.7 Å². The van der Waals surface area contributed by atoms with Crippen molar-refractivity contribution in [2.45, 2.75) is 39.7 Å². The van der Waals surface area contributed by atoms with Gasteiger partial charge in [-0.3, -0.25) is 4.79 Å². The van der Waals surface area contributed by atoms with Crippen LogP contribution in [0.15, 0.2) is 0 Å². The van der Waals surface area contributed by atoms with Gasteiger partial charge in [-0.1, -0.05) is 20.8 Å². The van der Waals surface area contributed by atoms with Crippen molar-refractivity contribution >= 4 is 23.8 Å². The Labute approximate surface area is 113 Å². The van der Waals surface area contributed by atoms with Gasteiger partial charge in [0.25, 0.3) is 0 Å². The number of aliphatic carboxylic acids is 1. The molecule has 0 aromatic rings. The summed E-state index contributed by atoms with van der Waals surface area (Å²) < 4.78 is 0. The molecule has 0 saturated carbocycles. The van der Waals surface area contributed by atoms with Crippen LogP contribution >= 0.6 is 11.8 Å². The van der Waals surface area contributed by atoms with Crippen LogP contribution in [0.25, 0.3) is 0 Å². The lowest BCUT2D eigenvalue weighted by molar-refractivity contribution is -0.137. The molecule has 0 fully saturated rings. The molecule has 0 aromatic heterocycles. The lowest BCUT2D eigenvalue weighted by atomic mass is 10.0. The second-order valence-electron chi connectivity index (χ2n) is 4.40. The predicted octanol–water partition coefficient (Wildman–Crippen LogP) is 1.93. The third kappa shape index (κ3) is 9.15. The number of carbonyl (C=O) groups is 2. The highest BCUT2D eigenvalue weighted by Crippen LogP contribution is 2.06. The van der Waals surface area contributed by atoms with E-state index in [2.05, 4.69) is 17.6 Å². The third-order valence-corrected chi connectivity index (χ3v) is 3.46. The van der Waals surface area contributed by atoms with Crippen molar-refractivity contribution in [1.82, 2.24) is 10.6 Å². The SMILES string of the molecule is CCSCCCNC(=O)NC(CC(=O)O)C(C)C. The molecule has 5 nitrogen and oxygen atoms in total. The quantitative estimate of drug-likeness (QED) is 0.562. The van der Waals surface area contributed by atoms with Crippen LogP contribution in [0.3, 0.4) is 0 Å². The number of carboxylic acids is 1. The molecule has 18 heavy (non-hydrogen) atoms. The number of carboxylic acid groups (broad SMARTS) is 1. The zero-order valence-corrected chi connectivity index (χ0v) is 12.2. The Kier molecular flexibility index (Phi) is 9.55. The first kappa shape index (κ1) is 17.1. The van der Waals surface area contributed by atoms with Gasteiger partial charge in [0.2, 0.25) is 0 Å². The average Bonchev–Trinajstić information content (AvgIpc) is 2.27. The van der Waals surface area contributed by atoms with Crippen molar-refractivity contribution in [3.63, 3.8) is 0 Å². The first-order chi connectivity index (χ1) is 8.47. The molecule has 0 aromatic carbocycles. The van der Waals surface area contributed by atoms with E-state index in [9.17, 15) is 9.59 Å². The van der Waals surface area contributed by atoms with Gasteiger partial charge in [0.1, 0.15) is 0 Å². The third-order valence-electron chi connectivity index (χ3n) is 2.47. The standard InChI is InChI=1S/C12H24N2O3S/c1-4-18-7-5-6-13-12(17)14-10(9(2)3)8-11(15)16/h9-10H,4-8H2,1-3H3,(H,15,16)(H2,13,14,17). The summed E-state index contributed by atoms with van der Waals surface area (Å²) in [6.07, 6.45) is 0.883. The maximum atomic E-state index is 11.6. The Hall–Kier alpha value is -0.910. The molecular weight excluding hydrogens is 252 g/mol. The second-order valence-corrected chi connectivity index (χ2v) is 5.79. The Bertz CT molecular complexity index is 260. The number of thioether (sulfide) groups is 1. The highest BCUT2D eigenvalue weighted by Gasteiger charge is 2.18. The molecule has 0 heterocycles. The van der Waals surface area contributed by atoms with Crippen LogP contribution in [-0.2, 0) is 4.79 Å². The fourth-order valence-electron chi connectivity index (χ4n) is 1.38. The van der Waals surface area contributed by atoms with Gasteiger partial charge in [-0.25, -0.2) is 4.79 Å². The minimum absolute atomic E-state index is 0.0449. The second kappa shape index (κ2) is 10.1. The van der Waals surface area contributed by atoms with Gasteiger partial charge in [0, 0.05) is 12.6 Å². The highest BCUT2D eigenvalue weighted by molar-refractivity contribution is 7.99. The summed E-state index contributed by atoms with van der Waals surface area (Å²) >= 11 is 1.84. The molecule has 0 bridgehead atoms. The first-order valence-electron chi connectivity index (χ1n) is 6.31. The van der Waals surface area contributed by atoms with Gasteiger partial charge < -0.3 is 15.7 Å². The summed E-state index contributed by atoms with van der Waals surface area (Å²) in [5.74, 6) is 1.32. The normalized spacial score (nSPS) is 12.2. The Morgan fingerprint density at radius 2 is 2.00 bits per heavy atom. The van der Waals surface area contributed by atoms with Crippen LogP contribution in [0, 0.1) is 5.92 Å². The number of hydrogen-bond acceptors (Lipinski definition) is 3. The van der Waals surface area contributed by atoms with Crippen molar-refractivity contribution in [1.29, 1.82) is 0 Å². The number of amides is 2. The summed E-state index contributed by atoms with van der Waals surface area (Å²) in [7, 11) is 0. The molecule has 3 N–H and O–H groups in total. The fourth-order valence-corrected chi connectivity index (χ4v) is 2.02. The maximum absolute atomic E-state index is 11.6. The van der Waals surface area contributed by atoms with Crippen molar-refractivity contribution in [2.24, 2.45) is 5.92 Å². The van der Waals surface area contributed by atoms with Crippen molar-refractivity contribution in [3.05, 3.63) is 0 Å². The fraction of sp³-hybridized carbons (Fsp3) is 0.833. The van der Waals surface area contributed by atoms with E-state index in [-0.39, 0.29) is 24.4 Å². The zero-order valence-electron chi connectivity index (χ0n) is 11.4. The summed E-state index contributed by atoms with van der Waals surface area (Å²) in [4.78, 5) is 22.2. The largest absolute Gasteiger partial charge is 0.481 e. The van der Waals surface area contributed by atoms with Gasteiger partial charge in [0.15, 0.2) is 0 Å². The van der Waals surface area contributed by atoms with E-state index < -0.39 is 5.97 Å². The number of hydrogen-bond donors (Lipinski definition) is 3. The summed E-state index contributed by atoms with van der Waals surface area (Å²) in [5, 5.41) is 14.2. The molecule has 0 spiro atoms. The lowest BCUT2D eigenvalue weighted by Gasteiger charge is -2.20. The minimum Gasteiger partial charge on any atom is -0.481 e. The Morgan fingerprint density at radius 1 is 1.33 bits per heavy atom. The monoisotopic (exact) mass is 276 g/mol. The molecule has 2 amide bonds. The topological polar surface area (TPSA) is 78.4 Å². The first-order valence-corrected chi connectivity index (χ1v) is 7.46. The van der Waals surface area contributed by atoms with Gasteiger partial charge >= 0.3 is 12.0 Å². The highest BCUT2D eigenvalue weighted by atomic mass is 32.2. The van der Waals surface area contributed by atoms with E-state index in [1.807, 2.05) is 25.6 Å². The van der Waals surface area contributed by atoms with Crippen LogP contribution in [-0.4, -0.2) is 41.2 Å². The van der Waals surface area contributed by atoms with Gasteiger partial charge in [-0.15, -0.1) is 0 Å². The van der Waals surface area contributed by atoms with Crippen molar-refractivity contribution in [2.75, 3.05) is 18.1 Å². The van der Waals surface area contributed by atoms with E-state index in [0.717, 1.165) is 17.9 Å². The smallest absolute Gasteiger partial charge is 0.315 e. The molecule has 1 unspecified atom stereocenters. The van der Waals surface area contributed by atoms with E-state index in [1.165, 1.54) is 0 Å². The molecule has 6 heteroatoms. The van der Waals surface area contributed by atoms with Crippen LogP contribution in [0.5, 0.6) is 0 Å². The number of rotatable bonds is 9. The van der Waals surface area contributed by atoms with Crippen LogP contribution in [0.2, 0.25) is 0 Å². The maximum Gasteiger partial charge on any atom is 0.315 e. The predicted molar refractivity (Wildman–Crippen MR) is 75.0 cm³/mol. The van der Waals surface area contributed by atoms with Gasteiger partial charge in [-0.05, 0) is 23.8 Å². The van der Waals surface area contributed by atoms with Crippen LogP contribution in [0.1, 0.15) is 33.6 Å². The van der Waals surface area contributed by atoms with E-state index in [4.69, 9.17) is 5.11 Å². The molecule has 0 aliphatic heterocycles. The molecular formula is C12H24N2O3S. The van der Waals surface area contributed by atoms with Crippen LogP contribution in [0.4, 0.5) is 4.79 Å². The van der Waals surface area contributed by atoms with Gasteiger partial charge in [0.05, 0.1) is 6.42 Å². The number of nitrogens with one attached hydrogen (secondary N) is 2. The molecule has 1 atom stereocenters. The molecule has 0 saturated heterocycles. The lowest BCUT2D eigenvalue weighted by Crippen LogP contribution is -2.45. The zero-order chi connectivity index (χ0) is 14.0. The van der Waals surface area contributed by atoms with E-state index >= 15 is 0 Å². The summed E-state index contributed by atoms with van der Waals surface area (Å²) in [6.45, 7) is 6.51. The van der Waals surface area contributed by atoms with E-state index in [1.54, 1.807) is 0 Å². The minimum atomic E-state index is -0.895. The van der Waals surface area contributed by atoms with Gasteiger partial charge in [-0.2, -0.15) is 11.8 Å². The molecule has 0 aliphatic carbocycles. The van der Waals surface area contributed by atoms with E-state index in [0.29, 0.717) is 6.54 Å². The molecule has 0 rings (SSSR count). The molecule has 0 aliphatic rings. The Balaban J connectivity index is 3.84. The van der Waals surface area contributed by atoms with Crippen LogP contribution < -0.4 is 10.6 Å². The van der Waals surface area contributed by atoms with Crippen molar-refractivity contribution in [3.8, 4) is 0 Å². The average molecular weight is 276 g/mol. The molecule has 106 valence electrons. The summed E-state index contributed by atoms with van der Waals surface area (Å²) in [6, 6.07) is -0.607.